The number of amidine groups is 1. The van der Waals surface area contributed by atoms with E-state index >= 15 is 0 Å². The number of rotatable bonds is 3. The first-order chi connectivity index (χ1) is 16.3. The fourth-order valence-electron chi connectivity index (χ4n) is 4.98. The number of hydrogen-bond acceptors (Lipinski definition) is 6. The van der Waals surface area contributed by atoms with E-state index in [9.17, 15) is 18.0 Å². The van der Waals surface area contributed by atoms with E-state index in [4.69, 9.17) is 4.74 Å². The van der Waals surface area contributed by atoms with Gasteiger partial charge in [-0.3, -0.25) is 4.79 Å². The van der Waals surface area contributed by atoms with E-state index in [-0.39, 0.29) is 22.4 Å². The largest absolute Gasteiger partial charge is 0.449 e. The third-order valence-corrected chi connectivity index (χ3v) is 7.99. The summed E-state index contributed by atoms with van der Waals surface area (Å²) in [4.78, 5) is 29.6. The van der Waals surface area contributed by atoms with Crippen molar-refractivity contribution in [2.75, 3.05) is 16.3 Å². The highest BCUT2D eigenvalue weighted by Gasteiger charge is 2.36. The van der Waals surface area contributed by atoms with Crippen LogP contribution in [0.5, 0.6) is 0 Å². The molecule has 5 rings (SSSR count). The third-order valence-electron chi connectivity index (χ3n) is 6.66. The first-order valence-electron chi connectivity index (χ1n) is 11.6. The second kappa shape index (κ2) is 8.54. The van der Waals surface area contributed by atoms with Crippen LogP contribution in [-0.2, 0) is 26.0 Å². The molecular formula is C25H27N3O5S. The SMILES string of the molecule is C[C@H](OC(=O)c1ccc2c(c1)S(=O)(=O)N=C1CCCCCN12)C(=O)N1c2ccccc2C[C@@H]1C. The average molecular weight is 482 g/mol. The number of amides is 1. The molecule has 2 aromatic carbocycles. The number of carbonyl (C=O) groups excluding carboxylic acids is 2. The van der Waals surface area contributed by atoms with E-state index in [1.807, 2.05) is 36.1 Å². The molecule has 178 valence electrons. The van der Waals surface area contributed by atoms with Crippen LogP contribution in [-0.4, -0.2) is 44.8 Å². The first kappa shape index (κ1) is 22.6. The lowest BCUT2D eigenvalue weighted by Gasteiger charge is -2.29. The van der Waals surface area contributed by atoms with Crippen molar-refractivity contribution in [1.82, 2.24) is 0 Å². The Balaban J connectivity index is 1.37. The molecule has 0 bridgehead atoms. The zero-order chi connectivity index (χ0) is 24.0. The lowest BCUT2D eigenvalue weighted by molar-refractivity contribution is -0.126. The molecule has 0 N–H and O–H groups in total. The Morgan fingerprint density at radius 3 is 2.71 bits per heavy atom. The number of esters is 1. The fourth-order valence-corrected chi connectivity index (χ4v) is 6.27. The second-order valence-corrected chi connectivity index (χ2v) is 10.6. The van der Waals surface area contributed by atoms with Gasteiger partial charge in [0.1, 0.15) is 10.7 Å². The molecule has 8 nitrogen and oxygen atoms in total. The lowest BCUT2D eigenvalue weighted by atomic mass is 10.1. The number of anilines is 2. The highest BCUT2D eigenvalue weighted by molar-refractivity contribution is 7.90. The van der Waals surface area contributed by atoms with Crippen molar-refractivity contribution in [1.29, 1.82) is 0 Å². The summed E-state index contributed by atoms with van der Waals surface area (Å²) in [6.07, 6.45) is 3.19. The van der Waals surface area contributed by atoms with Gasteiger partial charge in [-0.25, -0.2) is 4.79 Å². The summed E-state index contributed by atoms with van der Waals surface area (Å²) in [6, 6.07) is 12.1. The van der Waals surface area contributed by atoms with Crippen molar-refractivity contribution in [2.45, 2.75) is 63.0 Å². The van der Waals surface area contributed by atoms with Gasteiger partial charge in [0.05, 0.1) is 11.3 Å². The molecule has 3 aliphatic heterocycles. The molecule has 1 fully saturated rings. The summed E-state index contributed by atoms with van der Waals surface area (Å²) in [7, 11) is -3.92. The van der Waals surface area contributed by atoms with Crippen LogP contribution < -0.4 is 9.80 Å². The average Bonchev–Trinajstić information content (AvgIpc) is 2.97. The van der Waals surface area contributed by atoms with Crippen LogP contribution >= 0.6 is 0 Å². The minimum atomic E-state index is -3.92. The molecule has 0 aliphatic carbocycles. The summed E-state index contributed by atoms with van der Waals surface area (Å²) >= 11 is 0. The molecule has 3 aliphatic rings. The van der Waals surface area contributed by atoms with Gasteiger partial charge >= 0.3 is 5.97 Å². The zero-order valence-electron chi connectivity index (χ0n) is 19.2. The van der Waals surface area contributed by atoms with Crippen molar-refractivity contribution in [3.05, 3.63) is 53.6 Å². The van der Waals surface area contributed by atoms with Crippen molar-refractivity contribution in [3.63, 3.8) is 0 Å². The van der Waals surface area contributed by atoms with Crippen LogP contribution in [0.25, 0.3) is 0 Å². The Labute approximate surface area is 199 Å². The smallest absolute Gasteiger partial charge is 0.338 e. The predicted octanol–water partition coefficient (Wildman–Crippen LogP) is 3.69. The highest BCUT2D eigenvalue weighted by Crippen LogP contribution is 2.36. The zero-order valence-corrected chi connectivity index (χ0v) is 20.0. The Kier molecular flexibility index (Phi) is 5.67. The maximum absolute atomic E-state index is 13.1. The van der Waals surface area contributed by atoms with Gasteiger partial charge in [0.25, 0.3) is 15.9 Å². The van der Waals surface area contributed by atoms with Crippen molar-refractivity contribution in [3.8, 4) is 0 Å². The van der Waals surface area contributed by atoms with Gasteiger partial charge in [0.2, 0.25) is 0 Å². The molecule has 0 saturated carbocycles. The summed E-state index contributed by atoms with van der Waals surface area (Å²) in [6.45, 7) is 4.18. The molecule has 2 aromatic rings. The van der Waals surface area contributed by atoms with Gasteiger partial charge in [0.15, 0.2) is 6.10 Å². The first-order valence-corrected chi connectivity index (χ1v) is 13.1. The van der Waals surface area contributed by atoms with Gasteiger partial charge in [-0.15, -0.1) is 4.40 Å². The lowest BCUT2D eigenvalue weighted by Crippen LogP contribution is -2.43. The van der Waals surface area contributed by atoms with Crippen LogP contribution in [0.4, 0.5) is 11.4 Å². The van der Waals surface area contributed by atoms with Crippen molar-refractivity contribution >= 4 is 39.1 Å². The third kappa shape index (κ3) is 3.87. The summed E-state index contributed by atoms with van der Waals surface area (Å²) in [5.74, 6) is -0.501. The van der Waals surface area contributed by atoms with Crippen LogP contribution in [0, 0.1) is 0 Å². The standard InChI is InChI=1S/C25H27N3O5S/c1-16-14-18-8-5-6-9-20(18)28(16)24(29)17(2)33-25(30)19-11-12-21-22(15-19)34(31,32)26-23-10-4-3-7-13-27(21)23/h5-6,8-9,11-12,15-17H,3-4,7,10,13-14H2,1-2H3/t16-,17-/m0/s1. The summed E-state index contributed by atoms with van der Waals surface area (Å²) in [5.41, 5.74) is 2.52. The number of para-hydroxylation sites is 1. The van der Waals surface area contributed by atoms with E-state index in [1.54, 1.807) is 17.0 Å². The van der Waals surface area contributed by atoms with Gasteiger partial charge < -0.3 is 14.5 Å². The van der Waals surface area contributed by atoms with Crippen LogP contribution in [0.3, 0.4) is 0 Å². The van der Waals surface area contributed by atoms with Crippen LogP contribution in [0.2, 0.25) is 0 Å². The molecule has 2 atom stereocenters. The van der Waals surface area contributed by atoms with Crippen molar-refractivity contribution in [2.24, 2.45) is 4.40 Å². The molecule has 0 spiro atoms. The molecule has 3 heterocycles. The van der Waals surface area contributed by atoms with E-state index in [1.165, 1.54) is 13.0 Å². The second-order valence-electron chi connectivity index (χ2n) is 9.07. The molecule has 34 heavy (non-hydrogen) atoms. The normalized spacial score (nSPS) is 21.5. The Morgan fingerprint density at radius 2 is 1.88 bits per heavy atom. The minimum Gasteiger partial charge on any atom is -0.449 e. The highest BCUT2D eigenvalue weighted by atomic mass is 32.2. The molecule has 9 heteroatoms. The number of hydrogen-bond donors (Lipinski definition) is 0. The maximum Gasteiger partial charge on any atom is 0.338 e. The topological polar surface area (TPSA) is 96.4 Å². The molecule has 0 unspecified atom stereocenters. The van der Waals surface area contributed by atoms with Gasteiger partial charge in [-0.05, 0) is 62.9 Å². The van der Waals surface area contributed by atoms with Gasteiger partial charge in [-0.1, -0.05) is 24.6 Å². The maximum atomic E-state index is 13.1. The fraction of sp³-hybridized carbons (Fsp3) is 0.400. The minimum absolute atomic E-state index is 0.00586. The molecule has 1 saturated heterocycles. The Bertz CT molecular complexity index is 1300. The number of ether oxygens (including phenoxy) is 1. The number of carbonyl (C=O) groups is 2. The molecule has 0 radical (unpaired) electrons. The number of benzene rings is 2. The number of sulfonamides is 1. The van der Waals surface area contributed by atoms with E-state index in [2.05, 4.69) is 4.40 Å². The van der Waals surface area contributed by atoms with Crippen LogP contribution in [0.1, 0.15) is 55.5 Å². The monoisotopic (exact) mass is 481 g/mol. The summed E-state index contributed by atoms with van der Waals surface area (Å²) < 4.78 is 35.2. The molecule has 0 aromatic heterocycles. The molecule has 1 amide bonds. The number of nitrogens with zero attached hydrogens (tertiary/aromatic N) is 3. The van der Waals surface area contributed by atoms with Gasteiger partial charge in [0, 0.05) is 24.7 Å². The number of fused-ring (bicyclic) bond motifs is 4. The Hall–Kier alpha value is -3.20. The van der Waals surface area contributed by atoms with E-state index in [0.717, 1.165) is 36.9 Å². The predicted molar refractivity (Wildman–Crippen MR) is 129 cm³/mol. The van der Waals surface area contributed by atoms with E-state index in [0.29, 0.717) is 24.5 Å². The summed E-state index contributed by atoms with van der Waals surface area (Å²) in [5, 5.41) is 0. The van der Waals surface area contributed by atoms with Crippen molar-refractivity contribution < 1.29 is 22.7 Å². The Morgan fingerprint density at radius 1 is 1.09 bits per heavy atom. The van der Waals surface area contributed by atoms with Gasteiger partial charge in [-0.2, -0.15) is 8.42 Å². The quantitative estimate of drug-likeness (QED) is 0.621. The van der Waals surface area contributed by atoms with Crippen LogP contribution in [0.15, 0.2) is 51.8 Å². The molecular weight excluding hydrogens is 454 g/mol. The van der Waals surface area contributed by atoms with E-state index < -0.39 is 22.1 Å².